The van der Waals surface area contributed by atoms with Crippen molar-refractivity contribution >= 4 is 23.4 Å². The van der Waals surface area contributed by atoms with Gasteiger partial charge in [0.15, 0.2) is 0 Å². The molecule has 7 nitrogen and oxygen atoms in total. The van der Waals surface area contributed by atoms with Crippen LogP contribution in [-0.4, -0.2) is 53.8 Å². The molecule has 0 aliphatic carbocycles. The molecule has 4 heterocycles. The van der Waals surface area contributed by atoms with Crippen molar-refractivity contribution < 1.29 is 18.8 Å². The first-order chi connectivity index (χ1) is 12.5. The number of benzene rings is 1. The lowest BCUT2D eigenvalue weighted by Crippen LogP contribution is -2.52. The highest BCUT2D eigenvalue weighted by Gasteiger charge is 2.42. The standard InChI is InChI=1S/C18H19FN4O3/c19-13-5-12-9(3-15(13)22-8-10-4-11(22)6-20-10)7-23(18(12)26)14-1-2-16(24)21-17(14)25/h3,5,10-11,14,20H,1-2,4,6-8H2,(H,21,24,25)/t10-,11-,14?/m1/s1. The molecule has 4 aliphatic rings. The Labute approximate surface area is 149 Å². The van der Waals surface area contributed by atoms with Crippen molar-refractivity contribution in [2.45, 2.75) is 43.9 Å². The van der Waals surface area contributed by atoms with E-state index in [1.54, 1.807) is 6.07 Å². The van der Waals surface area contributed by atoms with Crippen LogP contribution in [0.4, 0.5) is 10.1 Å². The number of imide groups is 1. The number of piperazine rings is 1. The fraction of sp³-hybridized carbons (Fsp3) is 0.500. The summed E-state index contributed by atoms with van der Waals surface area (Å²) in [4.78, 5) is 39.7. The molecule has 136 valence electrons. The van der Waals surface area contributed by atoms with Gasteiger partial charge in [0.25, 0.3) is 5.91 Å². The quantitative estimate of drug-likeness (QED) is 0.735. The molecule has 3 saturated heterocycles. The lowest BCUT2D eigenvalue weighted by atomic mass is 10.0. The van der Waals surface area contributed by atoms with Crippen LogP contribution in [0.3, 0.4) is 0 Å². The summed E-state index contributed by atoms with van der Waals surface area (Å²) in [6, 6.07) is 3.07. The summed E-state index contributed by atoms with van der Waals surface area (Å²) in [6.07, 6.45) is 1.53. The highest BCUT2D eigenvalue weighted by molar-refractivity contribution is 6.05. The van der Waals surface area contributed by atoms with Gasteiger partial charge in [0, 0.05) is 43.7 Å². The van der Waals surface area contributed by atoms with Crippen LogP contribution in [0.15, 0.2) is 12.1 Å². The fourth-order valence-electron chi connectivity index (χ4n) is 4.65. The highest BCUT2D eigenvalue weighted by atomic mass is 19.1. The van der Waals surface area contributed by atoms with Gasteiger partial charge in [-0.1, -0.05) is 0 Å². The van der Waals surface area contributed by atoms with Gasteiger partial charge in [0.2, 0.25) is 11.8 Å². The monoisotopic (exact) mass is 358 g/mol. The number of carbonyl (C=O) groups is 3. The van der Waals surface area contributed by atoms with Crippen LogP contribution in [0.5, 0.6) is 0 Å². The molecule has 1 aromatic carbocycles. The number of nitrogens with zero attached hydrogens (tertiary/aromatic N) is 2. The van der Waals surface area contributed by atoms with E-state index in [0.717, 1.165) is 25.1 Å². The smallest absolute Gasteiger partial charge is 0.255 e. The van der Waals surface area contributed by atoms with E-state index >= 15 is 0 Å². The van der Waals surface area contributed by atoms with Crippen LogP contribution in [0, 0.1) is 5.82 Å². The van der Waals surface area contributed by atoms with Gasteiger partial charge in [-0.3, -0.25) is 19.7 Å². The molecule has 3 atom stereocenters. The zero-order valence-electron chi connectivity index (χ0n) is 14.1. The summed E-state index contributed by atoms with van der Waals surface area (Å²) in [5.41, 5.74) is 1.60. The summed E-state index contributed by atoms with van der Waals surface area (Å²) in [5.74, 6) is -1.51. The van der Waals surface area contributed by atoms with Crippen molar-refractivity contribution in [3.63, 3.8) is 0 Å². The zero-order valence-corrected chi connectivity index (χ0v) is 14.1. The lowest BCUT2D eigenvalue weighted by Gasteiger charge is -2.30. The molecule has 0 aromatic heterocycles. The minimum absolute atomic E-state index is 0.208. The molecule has 3 amide bonds. The van der Waals surface area contributed by atoms with E-state index in [1.807, 2.05) is 0 Å². The summed E-state index contributed by atoms with van der Waals surface area (Å²) < 4.78 is 14.7. The summed E-state index contributed by atoms with van der Waals surface area (Å²) in [5, 5.41) is 5.67. The number of piperidine rings is 1. The van der Waals surface area contributed by atoms with Crippen molar-refractivity contribution in [3.8, 4) is 0 Å². The fourth-order valence-corrected chi connectivity index (χ4v) is 4.65. The Bertz CT molecular complexity index is 842. The lowest BCUT2D eigenvalue weighted by molar-refractivity contribution is -0.136. The number of fused-ring (bicyclic) bond motifs is 3. The number of carbonyl (C=O) groups excluding carboxylic acids is 3. The maximum Gasteiger partial charge on any atom is 0.255 e. The van der Waals surface area contributed by atoms with Crippen LogP contribution in [0.25, 0.3) is 0 Å². The first-order valence-corrected chi connectivity index (χ1v) is 8.98. The van der Waals surface area contributed by atoms with Crippen molar-refractivity contribution in [1.29, 1.82) is 0 Å². The molecule has 4 aliphatic heterocycles. The van der Waals surface area contributed by atoms with Gasteiger partial charge in [-0.05, 0) is 30.5 Å². The van der Waals surface area contributed by atoms with Crippen molar-refractivity contribution in [3.05, 3.63) is 29.1 Å². The maximum absolute atomic E-state index is 14.7. The van der Waals surface area contributed by atoms with Crippen molar-refractivity contribution in [2.75, 3.05) is 18.0 Å². The Kier molecular flexibility index (Phi) is 3.34. The molecule has 5 rings (SSSR count). The summed E-state index contributed by atoms with van der Waals surface area (Å²) in [6.45, 7) is 1.89. The van der Waals surface area contributed by atoms with E-state index in [-0.39, 0.29) is 30.8 Å². The van der Waals surface area contributed by atoms with Gasteiger partial charge in [-0.2, -0.15) is 0 Å². The van der Waals surface area contributed by atoms with Gasteiger partial charge in [-0.25, -0.2) is 4.39 Å². The first-order valence-electron chi connectivity index (χ1n) is 8.98. The van der Waals surface area contributed by atoms with Gasteiger partial charge in [-0.15, -0.1) is 0 Å². The van der Waals surface area contributed by atoms with E-state index in [1.165, 1.54) is 11.0 Å². The summed E-state index contributed by atoms with van der Waals surface area (Å²) in [7, 11) is 0. The molecular formula is C18H19FN4O3. The zero-order chi connectivity index (χ0) is 18.0. The number of hydrogen-bond donors (Lipinski definition) is 2. The van der Waals surface area contributed by atoms with Gasteiger partial charge >= 0.3 is 0 Å². The predicted molar refractivity (Wildman–Crippen MR) is 90.0 cm³/mol. The molecule has 26 heavy (non-hydrogen) atoms. The Morgan fingerprint density at radius 1 is 1.15 bits per heavy atom. The van der Waals surface area contributed by atoms with Gasteiger partial charge in [0.05, 0.1) is 5.69 Å². The average Bonchev–Trinajstić information content (AvgIpc) is 3.30. The highest BCUT2D eigenvalue weighted by Crippen LogP contribution is 2.36. The van der Waals surface area contributed by atoms with E-state index < -0.39 is 17.8 Å². The van der Waals surface area contributed by atoms with Crippen LogP contribution in [-0.2, 0) is 16.1 Å². The predicted octanol–water partition coefficient (Wildman–Crippen LogP) is 0.137. The number of anilines is 1. The second kappa shape index (κ2) is 5.51. The number of nitrogens with one attached hydrogen (secondary N) is 2. The van der Waals surface area contributed by atoms with E-state index in [2.05, 4.69) is 15.5 Å². The molecular weight excluding hydrogens is 339 g/mol. The molecule has 8 heteroatoms. The molecule has 0 radical (unpaired) electrons. The number of rotatable bonds is 2. The largest absolute Gasteiger partial charge is 0.363 e. The normalized spacial score (nSPS) is 30.2. The van der Waals surface area contributed by atoms with Crippen LogP contribution < -0.4 is 15.5 Å². The van der Waals surface area contributed by atoms with Gasteiger partial charge < -0.3 is 15.1 Å². The minimum Gasteiger partial charge on any atom is -0.363 e. The maximum atomic E-state index is 14.7. The second-order valence-electron chi connectivity index (χ2n) is 7.51. The van der Waals surface area contributed by atoms with Crippen molar-refractivity contribution in [2.24, 2.45) is 0 Å². The topological polar surface area (TPSA) is 81.8 Å². The molecule has 2 N–H and O–H groups in total. The third-order valence-electron chi connectivity index (χ3n) is 5.96. The molecule has 0 spiro atoms. The molecule has 2 bridgehead atoms. The number of amides is 3. The van der Waals surface area contributed by atoms with Crippen LogP contribution in [0.2, 0.25) is 0 Å². The van der Waals surface area contributed by atoms with E-state index in [4.69, 9.17) is 0 Å². The SMILES string of the molecule is O=C1CCC(N2Cc3cc(N4C[C@H]5C[C@@H]4CN5)c(F)cc3C2=O)C(=O)N1. The van der Waals surface area contributed by atoms with Gasteiger partial charge in [0.1, 0.15) is 11.9 Å². The third-order valence-corrected chi connectivity index (χ3v) is 5.96. The third kappa shape index (κ3) is 2.25. The van der Waals surface area contributed by atoms with Crippen LogP contribution >= 0.6 is 0 Å². The molecule has 1 unspecified atom stereocenters. The Morgan fingerprint density at radius 2 is 2.00 bits per heavy atom. The van der Waals surface area contributed by atoms with E-state index in [0.29, 0.717) is 23.7 Å². The number of halogens is 1. The Hall–Kier alpha value is -2.48. The average molecular weight is 358 g/mol. The number of hydrogen-bond acceptors (Lipinski definition) is 5. The first kappa shape index (κ1) is 15.7. The van der Waals surface area contributed by atoms with E-state index in [9.17, 15) is 18.8 Å². The molecule has 0 saturated carbocycles. The Balaban J connectivity index is 1.44. The molecule has 1 aromatic rings. The van der Waals surface area contributed by atoms with Crippen LogP contribution in [0.1, 0.15) is 35.2 Å². The Morgan fingerprint density at radius 3 is 2.69 bits per heavy atom. The second-order valence-corrected chi connectivity index (χ2v) is 7.51. The molecule has 3 fully saturated rings. The minimum atomic E-state index is -0.675. The summed E-state index contributed by atoms with van der Waals surface area (Å²) >= 11 is 0. The van der Waals surface area contributed by atoms with Crippen molar-refractivity contribution in [1.82, 2.24) is 15.5 Å².